The van der Waals surface area contributed by atoms with Crippen molar-refractivity contribution < 1.29 is 27.8 Å². The van der Waals surface area contributed by atoms with Gasteiger partial charge in [-0.1, -0.05) is 18.2 Å². The molecule has 5 rings (SSSR count). The third kappa shape index (κ3) is 4.90. The lowest BCUT2D eigenvalue weighted by atomic mass is 9.85. The van der Waals surface area contributed by atoms with Crippen molar-refractivity contribution in [1.29, 1.82) is 0 Å². The number of likely N-dealkylation sites (tertiary alicyclic amines) is 1. The van der Waals surface area contributed by atoms with E-state index in [2.05, 4.69) is 4.98 Å². The highest BCUT2D eigenvalue weighted by Crippen LogP contribution is 2.43. The van der Waals surface area contributed by atoms with Crippen LogP contribution in [0.3, 0.4) is 0 Å². The maximum atomic E-state index is 15.8. The van der Waals surface area contributed by atoms with Crippen molar-refractivity contribution in [3.63, 3.8) is 0 Å². The van der Waals surface area contributed by atoms with E-state index in [1.165, 1.54) is 12.1 Å². The van der Waals surface area contributed by atoms with Crippen LogP contribution in [0.25, 0.3) is 10.9 Å². The Morgan fingerprint density at radius 1 is 1.14 bits per heavy atom. The number of nitrogens with one attached hydrogen (secondary N) is 1. The van der Waals surface area contributed by atoms with Crippen LogP contribution in [0.4, 0.5) is 17.6 Å². The first-order valence-electron chi connectivity index (χ1n) is 12.9. The van der Waals surface area contributed by atoms with E-state index < -0.39 is 43.2 Å². The number of hydrogen-bond acceptors (Lipinski definition) is 4. The van der Waals surface area contributed by atoms with Gasteiger partial charge in [-0.05, 0) is 49.1 Å². The van der Waals surface area contributed by atoms with Crippen LogP contribution in [0.1, 0.15) is 47.9 Å². The summed E-state index contributed by atoms with van der Waals surface area (Å²) in [4.78, 5) is 7.02. The number of nitrogens with zero attached hydrogens (tertiary/aromatic N) is 2. The van der Waals surface area contributed by atoms with Gasteiger partial charge in [0.05, 0.1) is 25.4 Å². The monoisotopic (exact) mass is 519 g/mol. The second kappa shape index (κ2) is 10.7. The smallest absolute Gasteiger partial charge is 0.136 e. The Morgan fingerprint density at radius 3 is 2.51 bits per heavy atom. The highest BCUT2D eigenvalue weighted by Gasteiger charge is 2.40. The standard InChI is InChI=1S/C28H33F4N3O2/c1-16-9-21-20-5-2-3-6-24(20)33-26(21)27(35(16)14-19(30)15-36)25-22(31)10-17(11-23(25)32)28(37)18-12-34(13-18)8-4-7-29/h2-3,5-6,10-11,16,18-19,27-28,33,36-37H,4,7-9,12-15H2,1H3/t16-,19+,27-,28+/m1/s1. The minimum atomic E-state index is -1.57. The number of halogens is 4. The van der Waals surface area contributed by atoms with E-state index in [0.29, 0.717) is 38.2 Å². The number of hydrogen-bond donors (Lipinski definition) is 3. The zero-order valence-corrected chi connectivity index (χ0v) is 20.8. The Balaban J connectivity index is 1.51. The fourth-order valence-corrected chi connectivity index (χ4v) is 5.97. The molecule has 200 valence electrons. The molecule has 9 heteroatoms. The predicted molar refractivity (Wildman–Crippen MR) is 134 cm³/mol. The summed E-state index contributed by atoms with van der Waals surface area (Å²) >= 11 is 0. The van der Waals surface area contributed by atoms with Crippen molar-refractivity contribution in [2.75, 3.05) is 39.5 Å². The van der Waals surface area contributed by atoms with Crippen LogP contribution in [0.15, 0.2) is 36.4 Å². The molecule has 0 bridgehead atoms. The van der Waals surface area contributed by atoms with E-state index in [1.54, 1.807) is 4.90 Å². The molecule has 3 heterocycles. The Bertz CT molecular complexity index is 1220. The SMILES string of the molecule is C[C@@H]1Cc2c([nH]c3ccccc23)[C@@H](c2c(F)cc([C@H](O)C3CN(CCCF)C3)cc2F)N1C[C@H](F)CO. The Morgan fingerprint density at radius 2 is 1.84 bits per heavy atom. The first kappa shape index (κ1) is 26.2. The van der Waals surface area contributed by atoms with Crippen LogP contribution in [0.5, 0.6) is 0 Å². The van der Waals surface area contributed by atoms with Gasteiger partial charge in [0.25, 0.3) is 0 Å². The number of H-pyrrole nitrogens is 1. The second-order valence-corrected chi connectivity index (χ2v) is 10.4. The van der Waals surface area contributed by atoms with Crippen molar-refractivity contribution in [2.45, 2.75) is 44.1 Å². The molecule has 2 aromatic carbocycles. The summed E-state index contributed by atoms with van der Waals surface area (Å²) in [6.45, 7) is 2.29. The van der Waals surface area contributed by atoms with Gasteiger partial charge in [-0.2, -0.15) is 0 Å². The maximum Gasteiger partial charge on any atom is 0.136 e. The summed E-state index contributed by atoms with van der Waals surface area (Å²) in [5, 5.41) is 21.1. The molecule has 4 atom stereocenters. The molecule has 37 heavy (non-hydrogen) atoms. The quantitative estimate of drug-likeness (QED) is 0.366. The van der Waals surface area contributed by atoms with Gasteiger partial charge in [-0.25, -0.2) is 13.2 Å². The molecule has 0 amide bonds. The average molecular weight is 520 g/mol. The van der Waals surface area contributed by atoms with E-state index in [0.717, 1.165) is 16.5 Å². The minimum Gasteiger partial charge on any atom is -0.393 e. The van der Waals surface area contributed by atoms with Gasteiger partial charge in [0.1, 0.15) is 17.8 Å². The lowest BCUT2D eigenvalue weighted by Gasteiger charge is -2.42. The summed E-state index contributed by atoms with van der Waals surface area (Å²) in [6, 6.07) is 8.81. The molecule has 3 N–H and O–H groups in total. The molecule has 0 unspecified atom stereocenters. The topological polar surface area (TPSA) is 62.7 Å². The van der Waals surface area contributed by atoms with Gasteiger partial charge in [0.15, 0.2) is 0 Å². The third-order valence-corrected chi connectivity index (χ3v) is 7.88. The summed E-state index contributed by atoms with van der Waals surface area (Å²) in [7, 11) is 0. The molecule has 3 aromatic rings. The lowest BCUT2D eigenvalue weighted by Crippen LogP contribution is -2.49. The van der Waals surface area contributed by atoms with Gasteiger partial charge in [0, 0.05) is 60.3 Å². The van der Waals surface area contributed by atoms with Crippen LogP contribution in [-0.4, -0.2) is 76.7 Å². The predicted octanol–water partition coefficient (Wildman–Crippen LogP) is 4.44. The van der Waals surface area contributed by atoms with Gasteiger partial charge < -0.3 is 20.1 Å². The third-order valence-electron chi connectivity index (χ3n) is 7.88. The zero-order chi connectivity index (χ0) is 26.3. The van der Waals surface area contributed by atoms with Crippen molar-refractivity contribution in [1.82, 2.24) is 14.8 Å². The van der Waals surface area contributed by atoms with Crippen molar-refractivity contribution in [3.8, 4) is 0 Å². The summed E-state index contributed by atoms with van der Waals surface area (Å²) in [5.41, 5.74) is 2.33. The number of aliphatic hydroxyl groups excluding tert-OH is 2. The molecule has 2 aliphatic rings. The number of aromatic amines is 1. The number of benzene rings is 2. The van der Waals surface area contributed by atoms with Crippen molar-refractivity contribution in [2.24, 2.45) is 5.92 Å². The summed E-state index contributed by atoms with van der Waals surface area (Å²) in [6.07, 6.45) is -1.63. The lowest BCUT2D eigenvalue weighted by molar-refractivity contribution is -0.00641. The van der Waals surface area contributed by atoms with Crippen LogP contribution in [-0.2, 0) is 6.42 Å². The number of rotatable bonds is 9. The van der Waals surface area contributed by atoms with Crippen LogP contribution >= 0.6 is 0 Å². The minimum absolute atomic E-state index is 0.153. The van der Waals surface area contributed by atoms with Crippen LogP contribution in [0, 0.1) is 17.6 Å². The molecule has 1 saturated heterocycles. The number of aromatic nitrogens is 1. The number of alkyl halides is 2. The normalized spacial score (nSPS) is 22.7. The summed E-state index contributed by atoms with van der Waals surface area (Å²) < 4.78 is 58.4. The van der Waals surface area contributed by atoms with E-state index in [4.69, 9.17) is 0 Å². The first-order valence-corrected chi connectivity index (χ1v) is 12.9. The van der Waals surface area contributed by atoms with E-state index in [-0.39, 0.29) is 29.6 Å². The molecular weight excluding hydrogens is 486 g/mol. The molecule has 5 nitrogen and oxygen atoms in total. The largest absolute Gasteiger partial charge is 0.393 e. The molecule has 0 spiro atoms. The van der Waals surface area contributed by atoms with Gasteiger partial charge in [0.2, 0.25) is 0 Å². The first-order chi connectivity index (χ1) is 17.8. The molecule has 1 aromatic heterocycles. The van der Waals surface area contributed by atoms with E-state index in [9.17, 15) is 19.0 Å². The maximum absolute atomic E-state index is 15.8. The molecule has 0 aliphatic carbocycles. The van der Waals surface area contributed by atoms with Crippen molar-refractivity contribution >= 4 is 10.9 Å². The Hall–Kier alpha value is -2.46. The Labute approximate surface area is 213 Å². The van der Waals surface area contributed by atoms with E-state index in [1.807, 2.05) is 36.1 Å². The fourth-order valence-electron chi connectivity index (χ4n) is 5.97. The number of para-hydroxylation sites is 1. The fraction of sp³-hybridized carbons (Fsp3) is 0.500. The van der Waals surface area contributed by atoms with Crippen LogP contribution in [0.2, 0.25) is 0 Å². The van der Waals surface area contributed by atoms with Gasteiger partial charge in [-0.3, -0.25) is 9.29 Å². The van der Waals surface area contributed by atoms with E-state index >= 15 is 8.78 Å². The zero-order valence-electron chi connectivity index (χ0n) is 20.8. The van der Waals surface area contributed by atoms with Crippen LogP contribution < -0.4 is 0 Å². The number of aliphatic hydroxyl groups is 2. The average Bonchev–Trinajstić information content (AvgIpc) is 3.22. The second-order valence-electron chi connectivity index (χ2n) is 10.4. The summed E-state index contributed by atoms with van der Waals surface area (Å²) in [5.74, 6) is -1.81. The van der Waals surface area contributed by atoms with Gasteiger partial charge in [-0.15, -0.1) is 0 Å². The molecular formula is C28H33F4N3O2. The highest BCUT2D eigenvalue weighted by molar-refractivity contribution is 5.85. The molecule has 1 fully saturated rings. The molecule has 0 saturated carbocycles. The molecule has 0 radical (unpaired) electrons. The highest BCUT2D eigenvalue weighted by atomic mass is 19.1. The number of fused-ring (bicyclic) bond motifs is 3. The Kier molecular flexibility index (Phi) is 7.58. The van der Waals surface area contributed by atoms with Gasteiger partial charge >= 0.3 is 0 Å². The molecule has 2 aliphatic heterocycles. The van der Waals surface area contributed by atoms with Crippen molar-refractivity contribution in [3.05, 3.63) is 70.4 Å².